The highest BCUT2D eigenvalue weighted by Crippen LogP contribution is 2.51. The van der Waals surface area contributed by atoms with Crippen LogP contribution in [0.25, 0.3) is 0 Å². The normalized spacial score (nSPS) is 29.6. The summed E-state index contributed by atoms with van der Waals surface area (Å²) in [7, 11) is 0. The van der Waals surface area contributed by atoms with E-state index >= 15 is 0 Å². The first-order valence-electron chi connectivity index (χ1n) is 7.75. The minimum absolute atomic E-state index is 0.500. The Bertz CT molecular complexity index is 767. The van der Waals surface area contributed by atoms with Crippen molar-refractivity contribution in [2.24, 2.45) is 11.8 Å². The Kier molecular flexibility index (Phi) is 2.68. The number of rotatable bonds is 1. The predicted molar refractivity (Wildman–Crippen MR) is 89.7 cm³/mol. The maximum absolute atomic E-state index is 2.39. The monoisotopic (exact) mass is 272 g/mol. The molecular formula is C21H20. The van der Waals surface area contributed by atoms with Crippen molar-refractivity contribution < 1.29 is 0 Å². The fourth-order valence-corrected chi connectivity index (χ4v) is 4.12. The van der Waals surface area contributed by atoms with Crippen LogP contribution in [0.3, 0.4) is 0 Å². The maximum atomic E-state index is 2.39. The van der Waals surface area contributed by atoms with Crippen LogP contribution in [-0.2, 0) is 0 Å². The molecule has 0 amide bonds. The molecule has 2 atom stereocenters. The summed E-state index contributed by atoms with van der Waals surface area (Å²) in [5, 5.41) is 0. The SMILES string of the molecule is C/C=C(\C)C1=C2C=CC3=CC=CC4=CC=C(C=C1C)C2C34. The molecule has 0 saturated carbocycles. The standard InChI is InChI=1S/C21H20/c1-4-13(2)19-14(3)12-17-9-8-15-6-5-7-16-10-11-18(19)21(17)20(15)16/h4-12,20-21H,1-3H3/b13-4+. The Morgan fingerprint density at radius 2 is 1.71 bits per heavy atom. The molecule has 0 aromatic rings. The topological polar surface area (TPSA) is 0 Å². The first-order valence-corrected chi connectivity index (χ1v) is 7.75. The molecule has 0 heterocycles. The number of hydrogen-bond acceptors (Lipinski definition) is 0. The summed E-state index contributed by atoms with van der Waals surface area (Å²) in [4.78, 5) is 0. The average Bonchev–Trinajstić information content (AvgIpc) is 2.51. The molecule has 21 heavy (non-hydrogen) atoms. The van der Waals surface area contributed by atoms with Crippen LogP contribution >= 0.6 is 0 Å². The first-order chi connectivity index (χ1) is 10.2. The number of hydrogen-bond donors (Lipinski definition) is 0. The van der Waals surface area contributed by atoms with Gasteiger partial charge in [-0.1, -0.05) is 54.7 Å². The first kappa shape index (κ1) is 12.6. The smallest absolute Gasteiger partial charge is 0.0205 e. The van der Waals surface area contributed by atoms with Gasteiger partial charge in [-0.25, -0.2) is 0 Å². The summed E-state index contributed by atoms with van der Waals surface area (Å²) in [5.74, 6) is 1.01. The molecule has 0 bridgehead atoms. The van der Waals surface area contributed by atoms with Crippen LogP contribution in [-0.4, -0.2) is 0 Å². The van der Waals surface area contributed by atoms with Crippen LogP contribution in [0.1, 0.15) is 20.8 Å². The van der Waals surface area contributed by atoms with Gasteiger partial charge in [-0.2, -0.15) is 0 Å². The van der Waals surface area contributed by atoms with Gasteiger partial charge in [0.25, 0.3) is 0 Å². The van der Waals surface area contributed by atoms with Crippen LogP contribution in [0, 0.1) is 11.8 Å². The third-order valence-corrected chi connectivity index (χ3v) is 5.14. The number of allylic oxidation sites excluding steroid dienone is 16. The van der Waals surface area contributed by atoms with E-state index < -0.39 is 0 Å². The molecule has 4 rings (SSSR count). The summed E-state index contributed by atoms with van der Waals surface area (Å²) < 4.78 is 0. The molecule has 0 saturated heterocycles. The van der Waals surface area contributed by atoms with Crippen molar-refractivity contribution in [2.75, 3.05) is 0 Å². The van der Waals surface area contributed by atoms with Gasteiger partial charge >= 0.3 is 0 Å². The van der Waals surface area contributed by atoms with E-state index in [-0.39, 0.29) is 0 Å². The van der Waals surface area contributed by atoms with Crippen molar-refractivity contribution in [1.29, 1.82) is 0 Å². The highest BCUT2D eigenvalue weighted by molar-refractivity contribution is 5.66. The second kappa shape index (κ2) is 4.46. The zero-order chi connectivity index (χ0) is 14.6. The zero-order valence-corrected chi connectivity index (χ0v) is 12.9. The minimum Gasteiger partial charge on any atom is -0.0841 e. The zero-order valence-electron chi connectivity index (χ0n) is 12.9. The fourth-order valence-electron chi connectivity index (χ4n) is 4.12. The molecule has 0 heteroatoms. The Labute approximate surface area is 126 Å². The van der Waals surface area contributed by atoms with Gasteiger partial charge in [0, 0.05) is 11.8 Å². The Hall–Kier alpha value is -2.08. The molecule has 2 unspecified atom stereocenters. The molecule has 0 fully saturated rings. The van der Waals surface area contributed by atoms with Crippen LogP contribution in [0.2, 0.25) is 0 Å². The molecule has 4 aliphatic carbocycles. The van der Waals surface area contributed by atoms with Crippen LogP contribution in [0.4, 0.5) is 0 Å². The molecule has 0 spiro atoms. The predicted octanol–water partition coefficient (Wildman–Crippen LogP) is 5.37. The Morgan fingerprint density at radius 3 is 2.52 bits per heavy atom. The summed E-state index contributed by atoms with van der Waals surface area (Å²) in [6.45, 7) is 6.61. The van der Waals surface area contributed by atoms with E-state index in [0.717, 1.165) is 0 Å². The molecular weight excluding hydrogens is 252 g/mol. The lowest BCUT2D eigenvalue weighted by Crippen LogP contribution is -2.30. The molecule has 0 aliphatic heterocycles. The van der Waals surface area contributed by atoms with E-state index in [1.807, 2.05) is 0 Å². The minimum atomic E-state index is 0.500. The summed E-state index contributed by atoms with van der Waals surface area (Å²) in [6.07, 6.45) is 20.6. The van der Waals surface area contributed by atoms with E-state index in [0.29, 0.717) is 11.8 Å². The van der Waals surface area contributed by atoms with Crippen molar-refractivity contribution >= 4 is 0 Å². The van der Waals surface area contributed by atoms with Gasteiger partial charge in [-0.3, -0.25) is 0 Å². The third-order valence-electron chi connectivity index (χ3n) is 5.14. The second-order valence-electron chi connectivity index (χ2n) is 6.28. The lowest BCUT2D eigenvalue weighted by molar-refractivity contribution is 0.559. The van der Waals surface area contributed by atoms with Crippen LogP contribution < -0.4 is 0 Å². The van der Waals surface area contributed by atoms with Gasteiger partial charge in [0.2, 0.25) is 0 Å². The quantitative estimate of drug-likeness (QED) is 0.601. The maximum Gasteiger partial charge on any atom is 0.0205 e. The largest absolute Gasteiger partial charge is 0.0841 e. The molecule has 104 valence electrons. The molecule has 0 nitrogen and oxygen atoms in total. The Balaban J connectivity index is 2.01. The van der Waals surface area contributed by atoms with E-state index in [9.17, 15) is 0 Å². The van der Waals surface area contributed by atoms with E-state index in [1.54, 1.807) is 0 Å². The van der Waals surface area contributed by atoms with Gasteiger partial charge in [0.15, 0.2) is 0 Å². The molecule has 0 aromatic carbocycles. The van der Waals surface area contributed by atoms with Gasteiger partial charge in [0.05, 0.1) is 0 Å². The highest BCUT2D eigenvalue weighted by atomic mass is 14.4. The third kappa shape index (κ3) is 1.68. The van der Waals surface area contributed by atoms with Gasteiger partial charge in [0.1, 0.15) is 0 Å². The van der Waals surface area contributed by atoms with Gasteiger partial charge in [-0.15, -0.1) is 0 Å². The van der Waals surface area contributed by atoms with Crippen molar-refractivity contribution in [1.82, 2.24) is 0 Å². The van der Waals surface area contributed by atoms with E-state index in [2.05, 4.69) is 75.5 Å². The Morgan fingerprint density at radius 1 is 0.952 bits per heavy atom. The van der Waals surface area contributed by atoms with Gasteiger partial charge in [-0.05, 0) is 59.8 Å². The van der Waals surface area contributed by atoms with Crippen molar-refractivity contribution in [2.45, 2.75) is 20.8 Å². The molecule has 0 aromatic heterocycles. The van der Waals surface area contributed by atoms with Crippen LogP contribution in [0.5, 0.6) is 0 Å². The average molecular weight is 272 g/mol. The lowest BCUT2D eigenvalue weighted by Gasteiger charge is -2.41. The van der Waals surface area contributed by atoms with Crippen LogP contribution in [0.15, 0.2) is 93.7 Å². The second-order valence-corrected chi connectivity index (χ2v) is 6.28. The molecule has 0 radical (unpaired) electrons. The molecule has 4 aliphatic rings. The summed E-state index contributed by atoms with van der Waals surface area (Å²) in [5.41, 5.74) is 10.1. The highest BCUT2D eigenvalue weighted by Gasteiger charge is 2.39. The van der Waals surface area contributed by atoms with Crippen molar-refractivity contribution in [3.05, 3.63) is 93.7 Å². The summed E-state index contributed by atoms with van der Waals surface area (Å²) in [6, 6.07) is 0. The summed E-state index contributed by atoms with van der Waals surface area (Å²) >= 11 is 0. The van der Waals surface area contributed by atoms with Crippen molar-refractivity contribution in [3.8, 4) is 0 Å². The van der Waals surface area contributed by atoms with E-state index in [4.69, 9.17) is 0 Å². The lowest BCUT2D eigenvalue weighted by atomic mass is 9.62. The van der Waals surface area contributed by atoms with E-state index in [1.165, 1.54) is 39.0 Å². The molecule has 0 N–H and O–H groups in total. The van der Waals surface area contributed by atoms with Crippen molar-refractivity contribution in [3.63, 3.8) is 0 Å². The van der Waals surface area contributed by atoms with Gasteiger partial charge < -0.3 is 0 Å². The fraction of sp³-hybridized carbons (Fsp3) is 0.238.